The van der Waals surface area contributed by atoms with Crippen molar-refractivity contribution in [3.8, 4) is 11.8 Å². The van der Waals surface area contributed by atoms with Crippen molar-refractivity contribution >= 4 is 30.4 Å². The summed E-state index contributed by atoms with van der Waals surface area (Å²) in [7, 11) is 1.41. The van der Waals surface area contributed by atoms with E-state index >= 15 is 0 Å². The van der Waals surface area contributed by atoms with Gasteiger partial charge in [-0.15, -0.1) is 0 Å². The Morgan fingerprint density at radius 1 is 1.21 bits per heavy atom. The minimum absolute atomic E-state index is 0.0688. The largest absolute Gasteiger partial charge is 0.487 e. The van der Waals surface area contributed by atoms with Crippen LogP contribution in [0.1, 0.15) is 41.8 Å². The summed E-state index contributed by atoms with van der Waals surface area (Å²) in [5.74, 6) is 0.886. The van der Waals surface area contributed by atoms with Gasteiger partial charge in [-0.3, -0.25) is 0 Å². The minimum Gasteiger partial charge on any atom is -0.487 e. The maximum atomic E-state index is 9.67. The average molecular weight is 501 g/mol. The Labute approximate surface area is 209 Å². The zero-order chi connectivity index (χ0) is 24.9. The van der Waals surface area contributed by atoms with E-state index in [4.69, 9.17) is 16.3 Å². The van der Waals surface area contributed by atoms with Crippen LogP contribution in [-0.2, 0) is 18.4 Å². The molecule has 1 atom stereocenters. The molecule has 1 aromatic heterocycles. The number of anilines is 1. The molecule has 0 saturated heterocycles. The van der Waals surface area contributed by atoms with Crippen LogP contribution < -0.4 is 10.2 Å². The molecular weight excluding hydrogens is 474 g/mol. The number of nitrogens with zero attached hydrogens (tertiary/aromatic N) is 4. The molecule has 2 aromatic carbocycles. The highest BCUT2D eigenvalue weighted by molar-refractivity contribution is 7.74. The quantitative estimate of drug-likeness (QED) is 0.195. The number of benzene rings is 2. The highest BCUT2D eigenvalue weighted by atomic mass is 35.5. The number of thiol groups is 1. The number of ether oxygens (including phenoxy) is 1. The molecule has 0 amide bonds. The van der Waals surface area contributed by atoms with Gasteiger partial charge >= 0.3 is 0 Å². The summed E-state index contributed by atoms with van der Waals surface area (Å²) in [6.07, 6.45) is 1.90. The fourth-order valence-electron chi connectivity index (χ4n) is 3.47. The molecule has 0 saturated carbocycles. The van der Waals surface area contributed by atoms with Gasteiger partial charge in [0.15, 0.2) is 0 Å². The topological polar surface area (TPSA) is 111 Å². The normalized spacial score (nSPS) is 13.1. The number of aromatic nitrogens is 2. The highest BCUT2D eigenvalue weighted by Crippen LogP contribution is 2.36. The molecule has 3 rings (SSSR count). The molecule has 3 N–H and O–H groups in total. The number of nitriles is 1. The summed E-state index contributed by atoms with van der Waals surface area (Å²) < 4.78 is 5.06. The van der Waals surface area contributed by atoms with Gasteiger partial charge in [0.25, 0.3) is 5.95 Å². The number of hydrogen-bond donors (Lipinski definition) is 4. The Morgan fingerprint density at radius 2 is 1.91 bits per heavy atom. The molecular formula is C24H27ClN5O3S+. The first-order chi connectivity index (χ1) is 16.0. The van der Waals surface area contributed by atoms with Crippen molar-refractivity contribution in [1.29, 1.82) is 5.26 Å². The van der Waals surface area contributed by atoms with E-state index in [-0.39, 0.29) is 19.2 Å². The second-order valence-electron chi connectivity index (χ2n) is 8.40. The Bertz CT molecular complexity index is 1190. The van der Waals surface area contributed by atoms with E-state index in [0.717, 1.165) is 11.1 Å². The Kier molecular flexibility index (Phi) is 8.02. The number of aliphatic hydroxyl groups excluding tert-OH is 1. The summed E-state index contributed by atoms with van der Waals surface area (Å²) in [4.78, 5) is 8.33. The number of quaternary nitrogens is 1. The highest BCUT2D eigenvalue weighted by Gasteiger charge is 2.25. The van der Waals surface area contributed by atoms with Crippen LogP contribution in [0, 0.1) is 11.3 Å². The van der Waals surface area contributed by atoms with Gasteiger partial charge in [-0.05, 0) is 57.6 Å². The fraction of sp³-hybridized carbons (Fsp3) is 0.292. The third-order valence-corrected chi connectivity index (χ3v) is 5.82. The van der Waals surface area contributed by atoms with Crippen LogP contribution in [0.2, 0.25) is 5.02 Å². The summed E-state index contributed by atoms with van der Waals surface area (Å²) in [5, 5.41) is 29.0. The van der Waals surface area contributed by atoms with Crippen LogP contribution in [0.4, 0.5) is 5.95 Å². The first-order valence-corrected chi connectivity index (χ1v) is 11.3. The number of aliphatic hydroxyl groups is 1. The molecule has 1 heterocycles. The summed E-state index contributed by atoms with van der Waals surface area (Å²) in [6.45, 7) is 4.27. The lowest BCUT2D eigenvalue weighted by Gasteiger charge is -2.27. The lowest BCUT2D eigenvalue weighted by atomic mass is 9.77. The van der Waals surface area contributed by atoms with Crippen molar-refractivity contribution in [3.63, 3.8) is 0 Å². The first kappa shape index (κ1) is 25.7. The SMILES string of the molecule is CC(C)(c1ccc(OCc2ccnc(N[N+](C)(O)S)n2)cc1)c1cc(Cl)c(CCO)c(C#N)c1. The van der Waals surface area contributed by atoms with Crippen molar-refractivity contribution in [1.82, 2.24) is 9.97 Å². The summed E-state index contributed by atoms with van der Waals surface area (Å²) in [5.41, 5.74) is 5.90. The van der Waals surface area contributed by atoms with Crippen LogP contribution in [0.5, 0.6) is 5.75 Å². The van der Waals surface area contributed by atoms with Crippen LogP contribution in [0.25, 0.3) is 0 Å². The van der Waals surface area contributed by atoms with Crippen molar-refractivity contribution in [2.75, 3.05) is 19.1 Å². The number of rotatable bonds is 9. The van der Waals surface area contributed by atoms with Crippen LogP contribution in [0.3, 0.4) is 0 Å². The van der Waals surface area contributed by atoms with E-state index in [9.17, 15) is 15.6 Å². The van der Waals surface area contributed by atoms with Gasteiger partial charge in [0.2, 0.25) is 0 Å². The Hall–Kier alpha value is -2.87. The van der Waals surface area contributed by atoms with E-state index in [1.165, 1.54) is 7.05 Å². The van der Waals surface area contributed by atoms with E-state index < -0.39 is 9.58 Å². The fourth-order valence-corrected chi connectivity index (χ4v) is 3.88. The molecule has 0 aliphatic heterocycles. The molecule has 0 aliphatic rings. The molecule has 0 fully saturated rings. The average Bonchev–Trinajstić information content (AvgIpc) is 2.78. The summed E-state index contributed by atoms with van der Waals surface area (Å²) in [6, 6.07) is 15.3. The van der Waals surface area contributed by atoms with E-state index in [1.807, 2.05) is 36.4 Å². The monoisotopic (exact) mass is 500 g/mol. The third kappa shape index (κ3) is 6.38. The molecule has 178 valence electrons. The van der Waals surface area contributed by atoms with Gasteiger partial charge < -0.3 is 9.84 Å². The predicted molar refractivity (Wildman–Crippen MR) is 132 cm³/mol. The smallest absolute Gasteiger partial charge is 0.273 e. The second kappa shape index (κ2) is 10.6. The molecule has 3 aromatic rings. The number of hydroxylamine groups is 1. The maximum absolute atomic E-state index is 9.67. The van der Waals surface area contributed by atoms with Crippen molar-refractivity contribution in [3.05, 3.63) is 81.6 Å². The number of nitrogens with one attached hydrogen (secondary N) is 1. The van der Waals surface area contributed by atoms with Crippen molar-refractivity contribution in [2.45, 2.75) is 32.3 Å². The zero-order valence-corrected chi connectivity index (χ0v) is 20.8. The van der Waals surface area contributed by atoms with Gasteiger partial charge in [-0.1, -0.05) is 37.6 Å². The third-order valence-electron chi connectivity index (χ3n) is 5.39. The van der Waals surface area contributed by atoms with Gasteiger partial charge in [0.05, 0.1) is 17.3 Å². The number of hydrogen-bond acceptors (Lipinski definition) is 8. The van der Waals surface area contributed by atoms with Gasteiger partial charge in [-0.2, -0.15) is 15.9 Å². The second-order valence-corrected chi connectivity index (χ2v) is 9.59. The lowest BCUT2D eigenvalue weighted by Crippen LogP contribution is -2.36. The Morgan fingerprint density at radius 3 is 2.53 bits per heavy atom. The summed E-state index contributed by atoms with van der Waals surface area (Å²) >= 11 is 10.4. The lowest BCUT2D eigenvalue weighted by molar-refractivity contribution is -0.955. The van der Waals surface area contributed by atoms with Crippen LogP contribution >= 0.6 is 24.4 Å². The molecule has 0 bridgehead atoms. The molecule has 1 unspecified atom stereocenters. The van der Waals surface area contributed by atoms with Crippen LogP contribution in [0.15, 0.2) is 48.7 Å². The van der Waals surface area contributed by atoms with E-state index in [0.29, 0.717) is 34.0 Å². The van der Waals surface area contributed by atoms with E-state index in [1.54, 1.807) is 12.3 Å². The zero-order valence-electron chi connectivity index (χ0n) is 19.2. The standard InChI is InChI=1S/C24H27ClN5O3S/c1-24(2,18-12-16(14-26)21(9-11-31)22(25)13-18)17-4-6-20(7-5-17)33-15-19-8-10-27-23(28-19)29-30(3,32)34/h4-8,10,12-13,31-32,34H,9,11,15H2,1-3H3,(H,27,28,29)/q+1. The minimum atomic E-state index is -0.799. The maximum Gasteiger partial charge on any atom is 0.273 e. The van der Waals surface area contributed by atoms with Gasteiger partial charge in [0.1, 0.15) is 32.2 Å². The van der Waals surface area contributed by atoms with Gasteiger partial charge in [-0.25, -0.2) is 9.97 Å². The molecule has 10 heteroatoms. The number of halogens is 1. The molecule has 0 spiro atoms. The first-order valence-electron chi connectivity index (χ1n) is 10.5. The van der Waals surface area contributed by atoms with Crippen LogP contribution in [-0.4, -0.2) is 38.1 Å². The van der Waals surface area contributed by atoms with Crippen molar-refractivity contribution < 1.29 is 19.2 Å². The predicted octanol–water partition coefficient (Wildman–Crippen LogP) is 4.45. The Balaban J connectivity index is 1.75. The molecule has 0 radical (unpaired) electrons. The molecule has 8 nitrogen and oxygen atoms in total. The molecule has 0 aliphatic carbocycles. The van der Waals surface area contributed by atoms with E-state index in [2.05, 4.69) is 48.1 Å². The molecule has 34 heavy (non-hydrogen) atoms. The van der Waals surface area contributed by atoms with Crippen molar-refractivity contribution in [2.24, 2.45) is 0 Å². The van der Waals surface area contributed by atoms with Gasteiger partial charge in [0, 0.05) is 23.2 Å².